The summed E-state index contributed by atoms with van der Waals surface area (Å²) < 4.78 is 0. The molecular weight excluding hydrogens is 232 g/mol. The first kappa shape index (κ1) is 12.3. The number of nitrogens with one attached hydrogen (secondary N) is 1. The molecule has 1 atom stereocenters. The summed E-state index contributed by atoms with van der Waals surface area (Å²) in [6.45, 7) is 1.94. The van der Waals surface area contributed by atoms with E-state index in [4.69, 9.17) is 5.73 Å². The van der Waals surface area contributed by atoms with Gasteiger partial charge in [-0.25, -0.2) is 0 Å². The molecule has 1 aliphatic heterocycles. The minimum atomic E-state index is 0.113. The fraction of sp³-hybridized carbons (Fsp3) is 0.462. The maximum absolute atomic E-state index is 12.0. The second-order valence-electron chi connectivity index (χ2n) is 4.42. The number of nitrogen functional groups attached to an aromatic ring is 1. The van der Waals surface area contributed by atoms with Crippen LogP contribution < -0.4 is 11.1 Å². The summed E-state index contributed by atoms with van der Waals surface area (Å²) in [5.41, 5.74) is 8.34. The van der Waals surface area contributed by atoms with E-state index in [0.717, 1.165) is 35.5 Å². The fourth-order valence-corrected chi connectivity index (χ4v) is 3.12. The summed E-state index contributed by atoms with van der Waals surface area (Å²) in [7, 11) is 0. The first-order valence-corrected chi connectivity index (χ1v) is 7.00. The Bertz CT molecular complexity index is 414. The number of benzene rings is 1. The van der Waals surface area contributed by atoms with Gasteiger partial charge in [-0.1, -0.05) is 6.42 Å². The Balaban J connectivity index is 1.99. The molecule has 2 rings (SSSR count). The van der Waals surface area contributed by atoms with Crippen molar-refractivity contribution in [2.45, 2.75) is 31.4 Å². The molecule has 0 spiro atoms. The third-order valence-electron chi connectivity index (χ3n) is 3.01. The zero-order chi connectivity index (χ0) is 12.3. The number of thioether (sulfide) groups is 1. The number of anilines is 2. The van der Waals surface area contributed by atoms with Gasteiger partial charge in [0.1, 0.15) is 0 Å². The number of hydrogen-bond acceptors (Lipinski definition) is 3. The van der Waals surface area contributed by atoms with Gasteiger partial charge in [0.2, 0.25) is 5.91 Å². The van der Waals surface area contributed by atoms with Crippen molar-refractivity contribution < 1.29 is 4.79 Å². The smallest absolute Gasteiger partial charge is 0.237 e. The van der Waals surface area contributed by atoms with Gasteiger partial charge in [0.05, 0.1) is 5.25 Å². The van der Waals surface area contributed by atoms with Crippen molar-refractivity contribution in [3.05, 3.63) is 23.8 Å². The summed E-state index contributed by atoms with van der Waals surface area (Å²) in [5.74, 6) is 1.22. The summed E-state index contributed by atoms with van der Waals surface area (Å²) in [6.07, 6.45) is 3.38. The van der Waals surface area contributed by atoms with Gasteiger partial charge < -0.3 is 11.1 Å². The number of hydrogen-bond donors (Lipinski definition) is 2. The topological polar surface area (TPSA) is 55.1 Å². The highest BCUT2D eigenvalue weighted by molar-refractivity contribution is 8.00. The van der Waals surface area contributed by atoms with Crippen molar-refractivity contribution in [3.63, 3.8) is 0 Å². The van der Waals surface area contributed by atoms with Crippen molar-refractivity contribution >= 4 is 29.0 Å². The predicted molar refractivity (Wildman–Crippen MR) is 74.3 cm³/mol. The Morgan fingerprint density at radius 1 is 1.47 bits per heavy atom. The predicted octanol–water partition coefficient (Wildman–Crippen LogP) is 2.80. The maximum atomic E-state index is 12.0. The van der Waals surface area contributed by atoms with Crippen LogP contribution in [0.3, 0.4) is 0 Å². The van der Waals surface area contributed by atoms with Crippen molar-refractivity contribution in [1.82, 2.24) is 0 Å². The molecule has 3 N–H and O–H groups in total. The van der Waals surface area contributed by atoms with Gasteiger partial charge >= 0.3 is 0 Å². The second-order valence-corrected chi connectivity index (χ2v) is 5.73. The molecule has 1 unspecified atom stereocenters. The van der Waals surface area contributed by atoms with Crippen LogP contribution in [0.2, 0.25) is 0 Å². The minimum absolute atomic E-state index is 0.113. The van der Waals surface area contributed by atoms with Gasteiger partial charge in [0.15, 0.2) is 0 Å². The molecule has 92 valence electrons. The number of amides is 1. The van der Waals surface area contributed by atoms with E-state index in [1.54, 1.807) is 11.8 Å². The molecule has 0 radical (unpaired) electrons. The van der Waals surface area contributed by atoms with E-state index in [9.17, 15) is 4.79 Å². The van der Waals surface area contributed by atoms with E-state index in [1.165, 1.54) is 6.42 Å². The first-order chi connectivity index (χ1) is 8.16. The molecule has 1 aromatic carbocycles. The molecule has 1 amide bonds. The van der Waals surface area contributed by atoms with E-state index in [2.05, 4.69) is 5.32 Å². The molecule has 0 saturated carbocycles. The lowest BCUT2D eigenvalue weighted by atomic mass is 10.1. The van der Waals surface area contributed by atoms with Crippen LogP contribution in [0.1, 0.15) is 24.8 Å². The lowest BCUT2D eigenvalue weighted by Crippen LogP contribution is -2.27. The summed E-state index contributed by atoms with van der Waals surface area (Å²) in [5, 5.41) is 3.08. The van der Waals surface area contributed by atoms with Gasteiger partial charge in [-0.05, 0) is 49.3 Å². The number of nitrogens with two attached hydrogens (primary N) is 1. The molecule has 4 heteroatoms. The Labute approximate surface area is 106 Å². The molecule has 3 nitrogen and oxygen atoms in total. The molecule has 0 aliphatic carbocycles. The Morgan fingerprint density at radius 2 is 2.29 bits per heavy atom. The van der Waals surface area contributed by atoms with Gasteiger partial charge in [0.25, 0.3) is 0 Å². The molecule has 1 saturated heterocycles. The molecule has 17 heavy (non-hydrogen) atoms. The van der Waals surface area contributed by atoms with E-state index < -0.39 is 0 Å². The fourth-order valence-electron chi connectivity index (χ4n) is 1.92. The van der Waals surface area contributed by atoms with E-state index in [-0.39, 0.29) is 11.2 Å². The molecule has 0 bridgehead atoms. The van der Waals surface area contributed by atoms with Crippen LogP contribution in [0.4, 0.5) is 11.4 Å². The molecule has 0 aromatic heterocycles. The molecule has 1 aromatic rings. The van der Waals surface area contributed by atoms with Crippen molar-refractivity contribution in [1.29, 1.82) is 0 Å². The third-order valence-corrected chi connectivity index (χ3v) is 4.39. The molecule has 1 fully saturated rings. The summed E-state index contributed by atoms with van der Waals surface area (Å²) in [4.78, 5) is 12.0. The van der Waals surface area contributed by atoms with Gasteiger partial charge in [-0.3, -0.25) is 4.79 Å². The summed E-state index contributed by atoms with van der Waals surface area (Å²) >= 11 is 1.76. The standard InChI is InChI=1S/C13H18N2OS/c1-9-8-10(5-6-11(9)14)15-13(16)12-4-2-3-7-17-12/h5-6,8,12H,2-4,7,14H2,1H3,(H,15,16). The number of aryl methyl sites for hydroxylation is 1. The van der Waals surface area contributed by atoms with Crippen molar-refractivity contribution in [3.8, 4) is 0 Å². The Kier molecular flexibility index (Phi) is 3.94. The normalized spacial score (nSPS) is 19.9. The SMILES string of the molecule is Cc1cc(NC(=O)C2CCCCS2)ccc1N. The molecular formula is C13H18N2OS. The average Bonchev–Trinajstić information content (AvgIpc) is 2.35. The summed E-state index contributed by atoms with van der Waals surface area (Å²) in [6, 6.07) is 5.60. The van der Waals surface area contributed by atoms with E-state index in [0.29, 0.717) is 0 Å². The minimum Gasteiger partial charge on any atom is -0.399 e. The Morgan fingerprint density at radius 3 is 2.94 bits per heavy atom. The number of carbonyl (C=O) groups is 1. The lowest BCUT2D eigenvalue weighted by Gasteiger charge is -2.20. The second kappa shape index (κ2) is 5.45. The van der Waals surface area contributed by atoms with Gasteiger partial charge in [-0.15, -0.1) is 11.8 Å². The zero-order valence-corrected chi connectivity index (χ0v) is 10.8. The maximum Gasteiger partial charge on any atom is 0.237 e. The van der Waals surface area contributed by atoms with Crippen LogP contribution in [-0.4, -0.2) is 16.9 Å². The Hall–Kier alpha value is -1.16. The molecule has 1 heterocycles. The zero-order valence-electron chi connectivity index (χ0n) is 10.0. The third kappa shape index (κ3) is 3.16. The number of rotatable bonds is 2. The quantitative estimate of drug-likeness (QED) is 0.794. The van der Waals surface area contributed by atoms with Crippen LogP contribution >= 0.6 is 11.8 Å². The number of carbonyl (C=O) groups excluding carboxylic acids is 1. The van der Waals surface area contributed by atoms with Crippen LogP contribution in [0.15, 0.2) is 18.2 Å². The van der Waals surface area contributed by atoms with Gasteiger partial charge in [-0.2, -0.15) is 0 Å². The first-order valence-electron chi connectivity index (χ1n) is 5.95. The highest BCUT2D eigenvalue weighted by Crippen LogP contribution is 2.26. The monoisotopic (exact) mass is 250 g/mol. The van der Waals surface area contributed by atoms with E-state index >= 15 is 0 Å². The lowest BCUT2D eigenvalue weighted by molar-refractivity contribution is -0.115. The van der Waals surface area contributed by atoms with Gasteiger partial charge in [0, 0.05) is 11.4 Å². The van der Waals surface area contributed by atoms with E-state index in [1.807, 2.05) is 25.1 Å². The highest BCUT2D eigenvalue weighted by atomic mass is 32.2. The van der Waals surface area contributed by atoms with Crippen LogP contribution in [0.25, 0.3) is 0 Å². The van der Waals surface area contributed by atoms with Crippen LogP contribution in [-0.2, 0) is 4.79 Å². The largest absolute Gasteiger partial charge is 0.399 e. The highest BCUT2D eigenvalue weighted by Gasteiger charge is 2.21. The van der Waals surface area contributed by atoms with Crippen molar-refractivity contribution in [2.24, 2.45) is 0 Å². The molecule has 1 aliphatic rings. The average molecular weight is 250 g/mol. The van der Waals surface area contributed by atoms with Crippen LogP contribution in [0, 0.1) is 6.92 Å². The van der Waals surface area contributed by atoms with Crippen molar-refractivity contribution in [2.75, 3.05) is 16.8 Å². The van der Waals surface area contributed by atoms with Crippen LogP contribution in [0.5, 0.6) is 0 Å².